The second kappa shape index (κ2) is 4.99. The largest absolute Gasteiger partial charge is 0.390 e. The molecule has 13 heavy (non-hydrogen) atoms. The molecule has 78 valence electrons. The van der Waals surface area contributed by atoms with Crippen LogP contribution in [0.3, 0.4) is 0 Å². The normalized spacial score (nSPS) is 34.8. The number of rotatable bonds is 4. The van der Waals surface area contributed by atoms with Gasteiger partial charge in [0.1, 0.15) is 0 Å². The van der Waals surface area contributed by atoms with E-state index in [9.17, 15) is 5.11 Å². The van der Waals surface area contributed by atoms with Crippen LogP contribution in [0.4, 0.5) is 0 Å². The standard InChI is InChI=1S/C12H24O/c1-3-4-5-8-11-9-6-7-10-12(11,2)13/h11,13H,3-10H2,1-2H3/t11-,12-/m0/s1. The van der Waals surface area contributed by atoms with Crippen molar-refractivity contribution in [2.24, 2.45) is 5.92 Å². The Morgan fingerprint density at radius 2 is 2.08 bits per heavy atom. The first-order chi connectivity index (χ1) is 6.17. The zero-order valence-corrected chi connectivity index (χ0v) is 9.18. The molecule has 0 heterocycles. The summed E-state index contributed by atoms with van der Waals surface area (Å²) in [6, 6.07) is 0. The molecule has 1 heteroatoms. The van der Waals surface area contributed by atoms with Gasteiger partial charge in [-0.25, -0.2) is 0 Å². The molecule has 0 spiro atoms. The highest BCUT2D eigenvalue weighted by atomic mass is 16.3. The van der Waals surface area contributed by atoms with E-state index in [1.165, 1.54) is 44.9 Å². The van der Waals surface area contributed by atoms with E-state index in [1.807, 2.05) is 6.92 Å². The van der Waals surface area contributed by atoms with E-state index in [1.54, 1.807) is 0 Å². The van der Waals surface area contributed by atoms with Crippen LogP contribution in [-0.2, 0) is 0 Å². The molecule has 0 radical (unpaired) electrons. The van der Waals surface area contributed by atoms with Crippen LogP contribution in [0.15, 0.2) is 0 Å². The Labute approximate surface area is 82.5 Å². The molecule has 0 aliphatic heterocycles. The zero-order valence-electron chi connectivity index (χ0n) is 9.18. The molecule has 1 aliphatic carbocycles. The number of hydrogen-bond acceptors (Lipinski definition) is 1. The highest BCUT2D eigenvalue weighted by Gasteiger charge is 2.33. The van der Waals surface area contributed by atoms with Gasteiger partial charge in [-0.1, -0.05) is 39.0 Å². The quantitative estimate of drug-likeness (QED) is 0.663. The number of unbranched alkanes of at least 4 members (excludes halogenated alkanes) is 2. The minimum atomic E-state index is -0.355. The summed E-state index contributed by atoms with van der Waals surface area (Å²) >= 11 is 0. The molecular formula is C12H24O. The van der Waals surface area contributed by atoms with Crippen LogP contribution >= 0.6 is 0 Å². The third-order valence-electron chi connectivity index (χ3n) is 3.52. The molecular weight excluding hydrogens is 160 g/mol. The summed E-state index contributed by atoms with van der Waals surface area (Å²) in [5, 5.41) is 10.1. The Bertz CT molecular complexity index is 140. The molecule has 1 fully saturated rings. The first kappa shape index (κ1) is 11.0. The van der Waals surface area contributed by atoms with Crippen molar-refractivity contribution in [1.29, 1.82) is 0 Å². The summed E-state index contributed by atoms with van der Waals surface area (Å²) in [4.78, 5) is 0. The van der Waals surface area contributed by atoms with Gasteiger partial charge in [0.15, 0.2) is 0 Å². The summed E-state index contributed by atoms with van der Waals surface area (Å²) in [7, 11) is 0. The molecule has 1 nitrogen and oxygen atoms in total. The predicted octanol–water partition coefficient (Wildman–Crippen LogP) is 3.51. The summed E-state index contributed by atoms with van der Waals surface area (Å²) in [6.07, 6.45) is 9.96. The van der Waals surface area contributed by atoms with Crippen LogP contribution in [0.1, 0.15) is 65.2 Å². The molecule has 0 unspecified atom stereocenters. The van der Waals surface area contributed by atoms with Crippen LogP contribution in [-0.4, -0.2) is 10.7 Å². The van der Waals surface area contributed by atoms with Crippen molar-refractivity contribution in [3.8, 4) is 0 Å². The lowest BCUT2D eigenvalue weighted by atomic mass is 9.74. The molecule has 0 aromatic rings. The summed E-state index contributed by atoms with van der Waals surface area (Å²) in [5.74, 6) is 0.577. The maximum atomic E-state index is 10.1. The van der Waals surface area contributed by atoms with E-state index >= 15 is 0 Å². The van der Waals surface area contributed by atoms with Crippen molar-refractivity contribution in [1.82, 2.24) is 0 Å². The molecule has 1 saturated carbocycles. The summed E-state index contributed by atoms with van der Waals surface area (Å²) in [6.45, 7) is 4.27. The molecule has 0 aromatic carbocycles. The number of hydrogen-bond donors (Lipinski definition) is 1. The molecule has 1 rings (SSSR count). The van der Waals surface area contributed by atoms with Crippen molar-refractivity contribution in [3.63, 3.8) is 0 Å². The molecule has 2 atom stereocenters. The van der Waals surface area contributed by atoms with Crippen LogP contribution in [0.5, 0.6) is 0 Å². The monoisotopic (exact) mass is 184 g/mol. The Morgan fingerprint density at radius 1 is 1.31 bits per heavy atom. The van der Waals surface area contributed by atoms with Crippen molar-refractivity contribution in [2.75, 3.05) is 0 Å². The fourth-order valence-electron chi connectivity index (χ4n) is 2.48. The molecule has 1 aliphatic rings. The minimum absolute atomic E-state index is 0.355. The first-order valence-electron chi connectivity index (χ1n) is 5.89. The second-order valence-electron chi connectivity index (χ2n) is 4.80. The SMILES string of the molecule is CCCCC[C@H]1CCCC[C@]1(C)O. The van der Waals surface area contributed by atoms with Gasteiger partial charge in [-0.15, -0.1) is 0 Å². The Balaban J connectivity index is 2.29. The summed E-state index contributed by atoms with van der Waals surface area (Å²) < 4.78 is 0. The molecule has 0 aromatic heterocycles. The van der Waals surface area contributed by atoms with Gasteiger partial charge in [0.25, 0.3) is 0 Å². The highest BCUT2D eigenvalue weighted by Crippen LogP contribution is 2.36. The lowest BCUT2D eigenvalue weighted by Crippen LogP contribution is -2.37. The van der Waals surface area contributed by atoms with E-state index in [-0.39, 0.29) is 5.60 Å². The van der Waals surface area contributed by atoms with Crippen LogP contribution in [0, 0.1) is 5.92 Å². The Kier molecular flexibility index (Phi) is 4.24. The average molecular weight is 184 g/mol. The molecule has 0 saturated heterocycles. The lowest BCUT2D eigenvalue weighted by Gasteiger charge is -2.37. The summed E-state index contributed by atoms with van der Waals surface area (Å²) in [5.41, 5.74) is -0.355. The van der Waals surface area contributed by atoms with Crippen molar-refractivity contribution < 1.29 is 5.11 Å². The highest BCUT2D eigenvalue weighted by molar-refractivity contribution is 4.85. The van der Waals surface area contributed by atoms with Crippen molar-refractivity contribution in [3.05, 3.63) is 0 Å². The second-order valence-corrected chi connectivity index (χ2v) is 4.80. The number of aliphatic hydroxyl groups is 1. The van der Waals surface area contributed by atoms with Crippen LogP contribution in [0.2, 0.25) is 0 Å². The fraction of sp³-hybridized carbons (Fsp3) is 1.00. The van der Waals surface area contributed by atoms with Gasteiger partial charge in [0, 0.05) is 0 Å². The van der Waals surface area contributed by atoms with Gasteiger partial charge in [0.05, 0.1) is 5.60 Å². The lowest BCUT2D eigenvalue weighted by molar-refractivity contribution is -0.0357. The zero-order chi connectivity index (χ0) is 9.73. The molecule has 0 bridgehead atoms. The van der Waals surface area contributed by atoms with Gasteiger partial charge in [-0.3, -0.25) is 0 Å². The van der Waals surface area contributed by atoms with Gasteiger partial charge in [-0.2, -0.15) is 0 Å². The van der Waals surface area contributed by atoms with Crippen LogP contribution in [0.25, 0.3) is 0 Å². The van der Waals surface area contributed by atoms with Gasteiger partial charge >= 0.3 is 0 Å². The maximum Gasteiger partial charge on any atom is 0.0647 e. The van der Waals surface area contributed by atoms with E-state index in [4.69, 9.17) is 0 Å². The van der Waals surface area contributed by atoms with Crippen molar-refractivity contribution >= 4 is 0 Å². The average Bonchev–Trinajstić information content (AvgIpc) is 2.08. The van der Waals surface area contributed by atoms with Crippen LogP contribution < -0.4 is 0 Å². The van der Waals surface area contributed by atoms with E-state index < -0.39 is 0 Å². The van der Waals surface area contributed by atoms with Gasteiger partial charge < -0.3 is 5.11 Å². The van der Waals surface area contributed by atoms with Crippen molar-refractivity contribution in [2.45, 2.75) is 70.8 Å². The predicted molar refractivity (Wildman–Crippen MR) is 56.7 cm³/mol. The Hall–Kier alpha value is -0.0400. The minimum Gasteiger partial charge on any atom is -0.390 e. The smallest absolute Gasteiger partial charge is 0.0647 e. The topological polar surface area (TPSA) is 20.2 Å². The van der Waals surface area contributed by atoms with Gasteiger partial charge in [0.2, 0.25) is 0 Å². The van der Waals surface area contributed by atoms with Gasteiger partial charge in [-0.05, 0) is 32.1 Å². The van der Waals surface area contributed by atoms with E-state index in [0.29, 0.717) is 5.92 Å². The maximum absolute atomic E-state index is 10.1. The fourth-order valence-corrected chi connectivity index (χ4v) is 2.48. The third kappa shape index (κ3) is 3.30. The van der Waals surface area contributed by atoms with E-state index in [2.05, 4.69) is 6.92 Å². The Morgan fingerprint density at radius 3 is 2.69 bits per heavy atom. The first-order valence-corrected chi connectivity index (χ1v) is 5.89. The third-order valence-corrected chi connectivity index (χ3v) is 3.52. The van der Waals surface area contributed by atoms with E-state index in [0.717, 1.165) is 6.42 Å². The molecule has 1 N–H and O–H groups in total. The molecule has 0 amide bonds.